The molecule has 0 fully saturated rings. The highest BCUT2D eigenvalue weighted by Crippen LogP contribution is 2.26. The molecule has 208 valence electrons. The van der Waals surface area contributed by atoms with Crippen molar-refractivity contribution < 1.29 is 27.9 Å². The van der Waals surface area contributed by atoms with Crippen LogP contribution >= 0.6 is 11.3 Å². The van der Waals surface area contributed by atoms with Gasteiger partial charge in [0.15, 0.2) is 0 Å². The average Bonchev–Trinajstić information content (AvgIpc) is 3.36. The summed E-state index contributed by atoms with van der Waals surface area (Å²) < 4.78 is 33.9. The summed E-state index contributed by atoms with van der Waals surface area (Å²) in [5, 5.41) is 16.3. The van der Waals surface area contributed by atoms with E-state index in [1.54, 1.807) is 30.7 Å². The van der Waals surface area contributed by atoms with Crippen molar-refractivity contribution in [2.75, 3.05) is 18.4 Å². The molecule has 0 aliphatic carbocycles. The average molecular weight is 574 g/mol. The predicted molar refractivity (Wildman–Crippen MR) is 152 cm³/mol. The van der Waals surface area contributed by atoms with Gasteiger partial charge in [0, 0.05) is 0 Å². The Hall–Kier alpha value is -3.75. The highest BCUT2D eigenvalue weighted by atomic mass is 32.2. The van der Waals surface area contributed by atoms with Crippen LogP contribution in [0.2, 0.25) is 0 Å². The summed E-state index contributed by atoms with van der Waals surface area (Å²) >= 11 is 0.994. The Morgan fingerprint density at radius 1 is 1.08 bits per heavy atom. The normalized spacial score (nSPS) is 12.4. The number of nitrogens with two attached hydrogens (primary N) is 2. The van der Waals surface area contributed by atoms with Gasteiger partial charge in [0.1, 0.15) is 23.0 Å². The number of nitrogens with one attached hydrogen (secondary N) is 3. The zero-order valence-electron chi connectivity index (χ0n) is 21.2. The Morgan fingerprint density at radius 2 is 1.79 bits per heavy atom. The first-order valence-corrected chi connectivity index (χ1v) is 14.3. The van der Waals surface area contributed by atoms with Gasteiger partial charge in [-0.25, -0.2) is 13.2 Å². The Bertz CT molecular complexity index is 1400. The van der Waals surface area contributed by atoms with Crippen LogP contribution in [0.25, 0.3) is 12.2 Å². The summed E-state index contributed by atoms with van der Waals surface area (Å²) in [5.41, 5.74) is 12.4. The van der Waals surface area contributed by atoms with Crippen LogP contribution < -0.4 is 31.6 Å². The van der Waals surface area contributed by atoms with Crippen molar-refractivity contribution in [3.05, 3.63) is 76.0 Å². The summed E-state index contributed by atoms with van der Waals surface area (Å²) in [6, 6.07) is 14.0. The number of methoxy groups -OCH3 is 1. The molecule has 0 bridgehead atoms. The highest BCUT2D eigenvalue weighted by molar-refractivity contribution is 7.92. The summed E-state index contributed by atoms with van der Waals surface area (Å²) in [5.74, 6) is -1.18. The Labute approximate surface area is 230 Å². The van der Waals surface area contributed by atoms with Crippen LogP contribution in [0.15, 0.2) is 64.9 Å². The van der Waals surface area contributed by atoms with Gasteiger partial charge in [-0.1, -0.05) is 36.4 Å². The van der Waals surface area contributed by atoms with E-state index in [-0.39, 0.29) is 21.9 Å². The van der Waals surface area contributed by atoms with E-state index in [1.807, 2.05) is 30.3 Å². The third kappa shape index (κ3) is 8.90. The minimum absolute atomic E-state index is 0.00552. The molecule has 2 aromatic carbocycles. The SMILES string of the molecule is COc1ccc(/C=C/c2cccc(S(=O)(=O)Nc3ccsc3C(=O)N[C@@H](CCCNC(N)N)C(=O)O)c2)cc1. The molecule has 3 rings (SSSR count). The molecule has 0 spiro atoms. The van der Waals surface area contributed by atoms with Crippen LogP contribution in [0.1, 0.15) is 33.6 Å². The Kier molecular flexibility index (Phi) is 10.6. The third-order valence-corrected chi connectivity index (χ3v) is 7.80. The van der Waals surface area contributed by atoms with Crippen molar-refractivity contribution >= 4 is 51.1 Å². The number of rotatable bonds is 14. The van der Waals surface area contributed by atoms with E-state index in [0.717, 1.165) is 22.6 Å². The molecule has 1 atom stereocenters. The van der Waals surface area contributed by atoms with E-state index in [2.05, 4.69) is 15.4 Å². The topological polar surface area (TPSA) is 186 Å². The predicted octanol–water partition coefficient (Wildman–Crippen LogP) is 2.48. The van der Waals surface area contributed by atoms with Gasteiger partial charge >= 0.3 is 5.97 Å². The van der Waals surface area contributed by atoms with Gasteiger partial charge in [0.2, 0.25) is 0 Å². The number of anilines is 1. The number of sulfonamides is 1. The van der Waals surface area contributed by atoms with Crippen LogP contribution in [-0.2, 0) is 14.8 Å². The van der Waals surface area contributed by atoms with Gasteiger partial charge in [0.05, 0.1) is 17.7 Å². The maximum Gasteiger partial charge on any atom is 0.326 e. The molecule has 1 heterocycles. The zero-order chi connectivity index (χ0) is 28.4. The molecule has 39 heavy (non-hydrogen) atoms. The molecule has 1 amide bonds. The Morgan fingerprint density at radius 3 is 2.46 bits per heavy atom. The smallest absolute Gasteiger partial charge is 0.326 e. The molecule has 0 radical (unpaired) electrons. The number of thiophene rings is 1. The fourth-order valence-electron chi connectivity index (χ4n) is 3.52. The lowest BCUT2D eigenvalue weighted by molar-refractivity contribution is -0.139. The molecule has 11 nitrogen and oxygen atoms in total. The van der Waals surface area contributed by atoms with Crippen LogP contribution in [0.5, 0.6) is 5.75 Å². The minimum Gasteiger partial charge on any atom is -0.497 e. The van der Waals surface area contributed by atoms with Crippen molar-refractivity contribution in [1.82, 2.24) is 10.6 Å². The lowest BCUT2D eigenvalue weighted by Crippen LogP contribution is -2.46. The fourth-order valence-corrected chi connectivity index (χ4v) is 5.46. The molecule has 0 aliphatic heterocycles. The van der Waals surface area contributed by atoms with Crippen molar-refractivity contribution in [3.8, 4) is 5.75 Å². The molecule has 0 aliphatic rings. The molecular formula is C26H31N5O6S2. The lowest BCUT2D eigenvalue weighted by atomic mass is 10.1. The van der Waals surface area contributed by atoms with E-state index in [1.165, 1.54) is 18.2 Å². The maximum absolute atomic E-state index is 13.1. The van der Waals surface area contributed by atoms with Crippen molar-refractivity contribution in [3.63, 3.8) is 0 Å². The van der Waals surface area contributed by atoms with E-state index < -0.39 is 34.2 Å². The second kappa shape index (κ2) is 13.9. The standard InChI is InChI=1S/C26H31N5O6S2/c1-37-19-11-9-17(10-12-19)7-8-18-4-2-5-20(16-18)39(35,36)31-21-13-15-38-23(21)24(32)30-22(25(33)34)6-3-14-29-26(27)28/h2,4-5,7-13,15-16,22,26,29,31H,3,6,14,27-28H2,1H3,(H,30,32)(H,33,34)/b8-7+/t22-/m0/s1. The van der Waals surface area contributed by atoms with E-state index in [9.17, 15) is 23.1 Å². The number of carboxylic acid groups (broad SMARTS) is 1. The summed E-state index contributed by atoms with van der Waals surface area (Å²) in [6.45, 7) is 0.371. The molecule has 8 N–H and O–H groups in total. The highest BCUT2D eigenvalue weighted by Gasteiger charge is 2.24. The largest absolute Gasteiger partial charge is 0.497 e. The number of benzene rings is 2. The molecule has 1 aromatic heterocycles. The van der Waals surface area contributed by atoms with Gasteiger partial charge in [-0.05, 0) is 66.2 Å². The van der Waals surface area contributed by atoms with Crippen molar-refractivity contribution in [2.45, 2.75) is 30.1 Å². The van der Waals surface area contributed by atoms with Gasteiger partial charge in [0.25, 0.3) is 15.9 Å². The lowest BCUT2D eigenvalue weighted by Gasteiger charge is -2.16. The number of hydrogen-bond donors (Lipinski definition) is 6. The van der Waals surface area contributed by atoms with E-state index in [0.29, 0.717) is 18.5 Å². The van der Waals surface area contributed by atoms with Gasteiger partial charge in [-0.2, -0.15) is 0 Å². The van der Waals surface area contributed by atoms with Gasteiger partial charge in [-0.15, -0.1) is 11.3 Å². The third-order valence-electron chi connectivity index (χ3n) is 5.52. The van der Waals surface area contributed by atoms with Crippen LogP contribution in [-0.4, -0.2) is 51.4 Å². The number of amides is 1. The number of aliphatic carboxylic acids is 1. The summed E-state index contributed by atoms with van der Waals surface area (Å²) in [7, 11) is -2.46. The summed E-state index contributed by atoms with van der Waals surface area (Å²) in [6.07, 6.45) is 3.43. The van der Waals surface area contributed by atoms with Crippen molar-refractivity contribution in [2.24, 2.45) is 11.5 Å². The molecular weight excluding hydrogens is 542 g/mol. The van der Waals surface area contributed by atoms with E-state index >= 15 is 0 Å². The Balaban J connectivity index is 1.70. The quantitative estimate of drug-likeness (QED) is 0.0957. The first kappa shape index (κ1) is 29.8. The van der Waals surface area contributed by atoms with Crippen LogP contribution in [0, 0.1) is 0 Å². The molecule has 0 saturated heterocycles. The van der Waals surface area contributed by atoms with Crippen LogP contribution in [0.3, 0.4) is 0 Å². The fraction of sp³-hybridized carbons (Fsp3) is 0.231. The monoisotopic (exact) mass is 573 g/mol. The number of carboxylic acids is 1. The molecule has 13 heteroatoms. The first-order valence-electron chi connectivity index (χ1n) is 11.9. The molecule has 0 saturated carbocycles. The van der Waals surface area contributed by atoms with Gasteiger partial charge in [-0.3, -0.25) is 14.8 Å². The molecule has 0 unspecified atom stereocenters. The minimum atomic E-state index is -4.05. The summed E-state index contributed by atoms with van der Waals surface area (Å²) in [4.78, 5) is 24.5. The maximum atomic E-state index is 13.1. The van der Waals surface area contributed by atoms with Crippen molar-refractivity contribution in [1.29, 1.82) is 0 Å². The second-order valence-electron chi connectivity index (χ2n) is 8.43. The zero-order valence-corrected chi connectivity index (χ0v) is 22.8. The number of carbonyl (C=O) groups is 2. The first-order chi connectivity index (χ1) is 18.6. The number of carbonyl (C=O) groups excluding carboxylic acids is 1. The van der Waals surface area contributed by atoms with Crippen LogP contribution in [0.4, 0.5) is 5.69 Å². The number of hydrogen-bond acceptors (Lipinski definition) is 9. The second-order valence-corrected chi connectivity index (χ2v) is 11.0. The molecule has 3 aromatic rings. The number of ether oxygens (including phenoxy) is 1. The van der Waals surface area contributed by atoms with E-state index in [4.69, 9.17) is 16.2 Å². The van der Waals surface area contributed by atoms with Gasteiger partial charge < -0.3 is 26.6 Å².